The monoisotopic (exact) mass is 596 g/mol. The van der Waals surface area contributed by atoms with Crippen molar-refractivity contribution in [1.29, 1.82) is 0 Å². The Bertz CT molecular complexity index is 726. The fourth-order valence-corrected chi connectivity index (χ4v) is 6.42. The van der Waals surface area contributed by atoms with Crippen LogP contribution in [0.25, 0.3) is 0 Å². The van der Waals surface area contributed by atoms with Gasteiger partial charge in [-0.15, -0.1) is 0 Å². The molecule has 3 unspecified atom stereocenters. The fraction of sp³-hybridized carbons (Fsp3) is 0.914. The van der Waals surface area contributed by atoms with E-state index in [1.807, 2.05) is 6.92 Å². The molecule has 0 amide bonds. The largest absolute Gasteiger partial charge is 0.455 e. The van der Waals surface area contributed by atoms with E-state index in [9.17, 15) is 25.2 Å². The summed E-state index contributed by atoms with van der Waals surface area (Å²) in [4.78, 5) is 11.6. The number of hydrogen-bond donors (Lipinski definition) is 4. The highest BCUT2D eigenvalue weighted by Crippen LogP contribution is 2.28. The molecule has 0 spiro atoms. The van der Waals surface area contributed by atoms with Crippen LogP contribution in [-0.2, 0) is 14.3 Å². The van der Waals surface area contributed by atoms with Crippen molar-refractivity contribution in [1.82, 2.24) is 0 Å². The molecule has 0 aromatic carbocycles. The number of aliphatic hydroxyl groups excluding tert-OH is 4. The zero-order valence-electron chi connectivity index (χ0n) is 26.9. The molecule has 2 aliphatic heterocycles. The minimum absolute atomic E-state index is 0.147. The highest BCUT2D eigenvalue weighted by Gasteiger charge is 2.34. The molecule has 0 radical (unpaired) electrons. The molecule has 1 fully saturated rings. The van der Waals surface area contributed by atoms with E-state index in [2.05, 4.69) is 6.92 Å². The van der Waals surface area contributed by atoms with Gasteiger partial charge in [-0.1, -0.05) is 103 Å². The SMILES string of the molecule is CCCCCCCCCCCCC(O)C1CC[C@H]([C@H](O)CCCCC(O)CCCCC[C@@H](O)CC2=C[C@H](C)OC2=O)O1. The van der Waals surface area contributed by atoms with Crippen LogP contribution in [0, 0.1) is 0 Å². The third kappa shape index (κ3) is 16.2. The van der Waals surface area contributed by atoms with Crippen molar-refractivity contribution < 1.29 is 34.7 Å². The minimum Gasteiger partial charge on any atom is -0.455 e. The molecular weight excluding hydrogens is 532 g/mol. The standard InChI is InChI=1S/C35H64O7/c1-3-4-5-6-7-8-9-10-11-15-21-31(38)33-23-24-34(42-33)32(39)22-17-16-19-29(36)18-13-12-14-20-30(37)26-28-25-27(2)41-35(28)40/h25,27,29-34,36-39H,3-24,26H2,1-2H3/t27-,29?,30+,31?,32+,33?,34+/m0/s1. The average Bonchev–Trinajstić information content (AvgIpc) is 3.58. The molecule has 0 saturated carbocycles. The molecule has 2 aliphatic rings. The van der Waals surface area contributed by atoms with Crippen LogP contribution >= 0.6 is 0 Å². The quantitative estimate of drug-likeness (QED) is 0.0624. The second-order valence-electron chi connectivity index (χ2n) is 13.1. The molecule has 2 heterocycles. The number of cyclic esters (lactones) is 1. The molecule has 0 bridgehead atoms. The van der Waals surface area contributed by atoms with Crippen molar-refractivity contribution in [3.8, 4) is 0 Å². The highest BCUT2D eigenvalue weighted by molar-refractivity contribution is 5.90. The smallest absolute Gasteiger partial charge is 0.334 e. The molecule has 1 saturated heterocycles. The second-order valence-corrected chi connectivity index (χ2v) is 13.1. The van der Waals surface area contributed by atoms with Gasteiger partial charge in [0.25, 0.3) is 0 Å². The molecule has 0 aromatic heterocycles. The summed E-state index contributed by atoms with van der Waals surface area (Å²) in [6, 6.07) is 0. The lowest BCUT2D eigenvalue weighted by Gasteiger charge is -2.22. The summed E-state index contributed by atoms with van der Waals surface area (Å²) in [6.45, 7) is 4.07. The number of esters is 1. The summed E-state index contributed by atoms with van der Waals surface area (Å²) < 4.78 is 11.1. The lowest BCUT2D eigenvalue weighted by Crippen LogP contribution is -2.31. The van der Waals surface area contributed by atoms with Crippen LogP contribution in [0.1, 0.15) is 162 Å². The normalized spacial score (nSPS) is 23.5. The summed E-state index contributed by atoms with van der Waals surface area (Å²) in [5, 5.41) is 41.7. The predicted octanol–water partition coefficient (Wildman–Crippen LogP) is 7.06. The number of carbonyl (C=O) groups excluding carboxylic acids is 1. The number of ether oxygens (including phenoxy) is 2. The zero-order valence-corrected chi connectivity index (χ0v) is 26.9. The van der Waals surface area contributed by atoms with Crippen LogP contribution in [-0.4, -0.2) is 69.1 Å². The van der Waals surface area contributed by atoms with Gasteiger partial charge in [-0.25, -0.2) is 4.79 Å². The van der Waals surface area contributed by atoms with E-state index in [0.29, 0.717) is 24.8 Å². The number of aliphatic hydroxyl groups is 4. The Kier molecular flexibility index (Phi) is 19.9. The molecular formula is C35H64O7. The summed E-state index contributed by atoms with van der Waals surface area (Å²) >= 11 is 0. The molecule has 42 heavy (non-hydrogen) atoms. The molecule has 0 aromatic rings. The van der Waals surface area contributed by atoms with E-state index in [-0.39, 0.29) is 30.4 Å². The first-order valence-electron chi connectivity index (χ1n) is 17.6. The minimum atomic E-state index is -0.530. The Balaban J connectivity index is 1.41. The summed E-state index contributed by atoms with van der Waals surface area (Å²) in [5.74, 6) is -0.314. The van der Waals surface area contributed by atoms with E-state index in [0.717, 1.165) is 70.6 Å². The molecule has 4 N–H and O–H groups in total. The number of rotatable bonds is 26. The molecule has 7 heteroatoms. The third-order valence-electron chi connectivity index (χ3n) is 9.11. The van der Waals surface area contributed by atoms with Crippen molar-refractivity contribution >= 4 is 5.97 Å². The predicted molar refractivity (Wildman–Crippen MR) is 168 cm³/mol. The van der Waals surface area contributed by atoms with Gasteiger partial charge in [0.2, 0.25) is 0 Å². The van der Waals surface area contributed by atoms with Gasteiger partial charge in [0.15, 0.2) is 0 Å². The van der Waals surface area contributed by atoms with Gasteiger partial charge in [0.1, 0.15) is 6.10 Å². The lowest BCUT2D eigenvalue weighted by molar-refractivity contribution is -0.139. The number of carbonyl (C=O) groups is 1. The first-order chi connectivity index (χ1) is 20.3. The molecule has 2 rings (SSSR count). The van der Waals surface area contributed by atoms with Gasteiger partial charge in [-0.2, -0.15) is 0 Å². The third-order valence-corrected chi connectivity index (χ3v) is 9.11. The highest BCUT2D eigenvalue weighted by atomic mass is 16.5. The maximum absolute atomic E-state index is 11.6. The first-order valence-corrected chi connectivity index (χ1v) is 17.6. The van der Waals surface area contributed by atoms with Crippen LogP contribution in [0.5, 0.6) is 0 Å². The summed E-state index contributed by atoms with van der Waals surface area (Å²) in [7, 11) is 0. The Hall–Kier alpha value is -0.990. The topological polar surface area (TPSA) is 116 Å². The van der Waals surface area contributed by atoms with Gasteiger partial charge in [0.05, 0.1) is 36.6 Å². The van der Waals surface area contributed by atoms with Gasteiger partial charge < -0.3 is 29.9 Å². The van der Waals surface area contributed by atoms with Gasteiger partial charge in [-0.3, -0.25) is 0 Å². The van der Waals surface area contributed by atoms with E-state index >= 15 is 0 Å². The van der Waals surface area contributed by atoms with Crippen LogP contribution in [0.4, 0.5) is 0 Å². The van der Waals surface area contributed by atoms with E-state index in [1.165, 1.54) is 57.8 Å². The zero-order chi connectivity index (χ0) is 30.6. The Morgan fingerprint density at radius 3 is 1.62 bits per heavy atom. The van der Waals surface area contributed by atoms with Crippen molar-refractivity contribution in [3.05, 3.63) is 11.6 Å². The molecule has 7 nitrogen and oxygen atoms in total. The van der Waals surface area contributed by atoms with Gasteiger partial charge >= 0.3 is 5.97 Å². The Morgan fingerprint density at radius 1 is 0.667 bits per heavy atom. The molecule has 7 atom stereocenters. The van der Waals surface area contributed by atoms with E-state index in [4.69, 9.17) is 9.47 Å². The van der Waals surface area contributed by atoms with Crippen molar-refractivity contribution in [2.45, 2.75) is 204 Å². The fourth-order valence-electron chi connectivity index (χ4n) is 6.42. The molecule has 0 aliphatic carbocycles. The van der Waals surface area contributed by atoms with Crippen molar-refractivity contribution in [3.63, 3.8) is 0 Å². The van der Waals surface area contributed by atoms with Crippen LogP contribution in [0.15, 0.2) is 11.6 Å². The Morgan fingerprint density at radius 2 is 1.10 bits per heavy atom. The number of unbranched alkanes of at least 4 members (excludes halogenated alkanes) is 12. The van der Waals surface area contributed by atoms with Crippen LogP contribution in [0.3, 0.4) is 0 Å². The van der Waals surface area contributed by atoms with Gasteiger partial charge in [0, 0.05) is 12.0 Å². The second kappa shape index (κ2) is 22.5. The maximum atomic E-state index is 11.6. The summed E-state index contributed by atoms with van der Waals surface area (Å²) in [6.07, 6.45) is 22.4. The number of hydrogen-bond acceptors (Lipinski definition) is 7. The maximum Gasteiger partial charge on any atom is 0.334 e. The van der Waals surface area contributed by atoms with Crippen molar-refractivity contribution in [2.75, 3.05) is 0 Å². The summed E-state index contributed by atoms with van der Waals surface area (Å²) in [5.41, 5.74) is 0.576. The lowest BCUT2D eigenvalue weighted by atomic mass is 9.99. The average molecular weight is 597 g/mol. The van der Waals surface area contributed by atoms with Crippen LogP contribution < -0.4 is 0 Å². The molecule has 246 valence electrons. The van der Waals surface area contributed by atoms with E-state index < -0.39 is 18.3 Å². The Labute approximate surface area is 256 Å². The van der Waals surface area contributed by atoms with Gasteiger partial charge in [-0.05, 0) is 57.9 Å². The van der Waals surface area contributed by atoms with E-state index in [1.54, 1.807) is 6.08 Å². The van der Waals surface area contributed by atoms with Crippen LogP contribution in [0.2, 0.25) is 0 Å². The first kappa shape index (κ1) is 37.2. The van der Waals surface area contributed by atoms with Crippen molar-refractivity contribution in [2.24, 2.45) is 0 Å².